The lowest BCUT2D eigenvalue weighted by molar-refractivity contribution is -0.136. The van der Waals surface area contributed by atoms with Crippen LogP contribution >= 0.6 is 0 Å². The average molecular weight is 214 g/mol. The van der Waals surface area contributed by atoms with Gasteiger partial charge >= 0.3 is 5.97 Å². The van der Waals surface area contributed by atoms with Crippen molar-refractivity contribution in [2.24, 2.45) is 0 Å². The van der Waals surface area contributed by atoms with E-state index in [9.17, 15) is 4.79 Å². The second-order valence-corrected chi connectivity index (χ2v) is 2.76. The van der Waals surface area contributed by atoms with Gasteiger partial charge in [0.2, 0.25) is 0 Å². The van der Waals surface area contributed by atoms with Crippen molar-refractivity contribution in [2.75, 3.05) is 14.2 Å². The van der Waals surface area contributed by atoms with Crippen molar-refractivity contribution in [3.8, 4) is 11.5 Å². The number of carbonyl (C=O) groups is 1. The first-order valence-corrected chi connectivity index (χ1v) is 4.10. The van der Waals surface area contributed by atoms with Gasteiger partial charge in [-0.1, -0.05) is 6.07 Å². The largest absolute Gasteiger partial charge is 0.493 e. The third kappa shape index (κ3) is 3.47. The van der Waals surface area contributed by atoms with Gasteiger partial charge in [-0.15, -0.1) is 0 Å². The van der Waals surface area contributed by atoms with Crippen molar-refractivity contribution in [3.05, 3.63) is 23.8 Å². The zero-order valence-electron chi connectivity index (χ0n) is 8.61. The number of rotatable bonds is 4. The van der Waals surface area contributed by atoms with Crippen LogP contribution in [0.25, 0.3) is 0 Å². The zero-order valence-corrected chi connectivity index (χ0v) is 8.61. The summed E-state index contributed by atoms with van der Waals surface area (Å²) in [4.78, 5) is 10.5. The Hall–Kier alpha value is -1.75. The number of ether oxygens (including phenoxy) is 2. The molecule has 0 aliphatic rings. The van der Waals surface area contributed by atoms with Gasteiger partial charge in [-0.3, -0.25) is 4.79 Å². The highest BCUT2D eigenvalue weighted by Crippen LogP contribution is 2.27. The van der Waals surface area contributed by atoms with Crippen molar-refractivity contribution >= 4 is 5.97 Å². The van der Waals surface area contributed by atoms with Gasteiger partial charge in [-0.2, -0.15) is 0 Å². The maximum absolute atomic E-state index is 10.5. The molecule has 0 saturated heterocycles. The van der Waals surface area contributed by atoms with E-state index in [0.29, 0.717) is 17.1 Å². The standard InChI is InChI=1S/C10H12O4.H2O/c1-13-8-4-3-7(6-10(11)12)5-9(8)14-2;/h3-5H,6H2,1-2H3,(H,11,12);1H2. The van der Waals surface area contributed by atoms with Crippen LogP contribution < -0.4 is 9.47 Å². The second-order valence-electron chi connectivity index (χ2n) is 2.76. The molecule has 5 heteroatoms. The van der Waals surface area contributed by atoms with Crippen LogP contribution in [0.2, 0.25) is 0 Å². The molecule has 0 amide bonds. The number of hydrogen-bond acceptors (Lipinski definition) is 3. The molecule has 5 nitrogen and oxygen atoms in total. The van der Waals surface area contributed by atoms with Crippen LogP contribution in [0.5, 0.6) is 11.5 Å². The van der Waals surface area contributed by atoms with Gasteiger partial charge in [0.1, 0.15) is 0 Å². The SMILES string of the molecule is COc1ccc(CC(=O)O)cc1OC.O. The first-order chi connectivity index (χ1) is 6.67. The molecule has 0 saturated carbocycles. The number of benzene rings is 1. The fourth-order valence-corrected chi connectivity index (χ4v) is 1.17. The van der Waals surface area contributed by atoms with Crippen LogP contribution in [0.15, 0.2) is 18.2 Å². The normalized spacial score (nSPS) is 8.93. The molecule has 0 heterocycles. The van der Waals surface area contributed by atoms with Crippen molar-refractivity contribution in [3.63, 3.8) is 0 Å². The molecule has 1 aromatic rings. The molecule has 15 heavy (non-hydrogen) atoms. The Labute approximate surface area is 87.6 Å². The molecule has 0 bridgehead atoms. The minimum Gasteiger partial charge on any atom is -0.493 e. The summed E-state index contributed by atoms with van der Waals surface area (Å²) in [5, 5.41) is 8.58. The maximum Gasteiger partial charge on any atom is 0.307 e. The Kier molecular flexibility index (Phi) is 5.19. The zero-order chi connectivity index (χ0) is 10.6. The third-order valence-electron chi connectivity index (χ3n) is 1.80. The van der Waals surface area contributed by atoms with E-state index in [1.807, 2.05) is 0 Å². The molecule has 0 atom stereocenters. The fraction of sp³-hybridized carbons (Fsp3) is 0.300. The van der Waals surface area contributed by atoms with E-state index >= 15 is 0 Å². The van der Waals surface area contributed by atoms with E-state index in [2.05, 4.69) is 0 Å². The first-order valence-electron chi connectivity index (χ1n) is 4.10. The van der Waals surface area contributed by atoms with Crippen LogP contribution in [-0.4, -0.2) is 30.8 Å². The van der Waals surface area contributed by atoms with Crippen molar-refractivity contribution in [1.29, 1.82) is 0 Å². The molecule has 0 radical (unpaired) electrons. The van der Waals surface area contributed by atoms with E-state index in [4.69, 9.17) is 14.6 Å². The summed E-state index contributed by atoms with van der Waals surface area (Å²) < 4.78 is 10.1. The highest BCUT2D eigenvalue weighted by Gasteiger charge is 2.06. The van der Waals surface area contributed by atoms with Crippen LogP contribution in [-0.2, 0) is 11.2 Å². The first kappa shape index (κ1) is 13.2. The Balaban J connectivity index is 0.00000196. The minimum atomic E-state index is -0.864. The molecular weight excluding hydrogens is 200 g/mol. The smallest absolute Gasteiger partial charge is 0.307 e. The van der Waals surface area contributed by atoms with Crippen LogP contribution in [0, 0.1) is 0 Å². The molecule has 1 rings (SSSR count). The van der Waals surface area contributed by atoms with Crippen molar-refractivity contribution < 1.29 is 24.9 Å². The lowest BCUT2D eigenvalue weighted by atomic mass is 10.1. The summed E-state index contributed by atoms with van der Waals surface area (Å²) in [5.41, 5.74) is 0.690. The second kappa shape index (κ2) is 5.87. The van der Waals surface area contributed by atoms with Gasteiger partial charge in [0, 0.05) is 0 Å². The third-order valence-corrected chi connectivity index (χ3v) is 1.80. The van der Waals surface area contributed by atoms with E-state index in [1.165, 1.54) is 14.2 Å². The molecule has 0 fully saturated rings. The predicted molar refractivity (Wildman–Crippen MR) is 54.5 cm³/mol. The lowest BCUT2D eigenvalue weighted by Gasteiger charge is -2.08. The molecule has 84 valence electrons. The number of carboxylic acids is 1. The Morgan fingerprint density at radius 1 is 1.27 bits per heavy atom. The van der Waals surface area contributed by atoms with E-state index < -0.39 is 5.97 Å². The summed E-state index contributed by atoms with van der Waals surface area (Å²) >= 11 is 0. The summed E-state index contributed by atoms with van der Waals surface area (Å²) in [6.45, 7) is 0. The highest BCUT2D eigenvalue weighted by molar-refractivity contribution is 5.70. The van der Waals surface area contributed by atoms with E-state index in [-0.39, 0.29) is 11.9 Å². The molecule has 3 N–H and O–H groups in total. The Bertz CT molecular complexity index is 335. The molecule has 0 aromatic heterocycles. The van der Waals surface area contributed by atoms with Gasteiger partial charge in [0.15, 0.2) is 11.5 Å². The molecule has 0 unspecified atom stereocenters. The topological polar surface area (TPSA) is 87.3 Å². The molecule has 0 aliphatic heterocycles. The number of methoxy groups -OCH3 is 2. The molecular formula is C10H14O5. The maximum atomic E-state index is 10.5. The Morgan fingerprint density at radius 3 is 2.33 bits per heavy atom. The van der Waals surface area contributed by atoms with Gasteiger partial charge in [0.25, 0.3) is 0 Å². The van der Waals surface area contributed by atoms with Crippen molar-refractivity contribution in [1.82, 2.24) is 0 Å². The number of carboxylic acid groups (broad SMARTS) is 1. The predicted octanol–water partition coefficient (Wildman–Crippen LogP) is 0.506. The average Bonchev–Trinajstić information content (AvgIpc) is 2.16. The van der Waals surface area contributed by atoms with Crippen LogP contribution in [0.3, 0.4) is 0 Å². The Morgan fingerprint density at radius 2 is 1.87 bits per heavy atom. The quantitative estimate of drug-likeness (QED) is 0.790. The number of hydrogen-bond donors (Lipinski definition) is 1. The van der Waals surface area contributed by atoms with E-state index in [0.717, 1.165) is 0 Å². The minimum absolute atomic E-state index is 0. The molecule has 1 aromatic carbocycles. The molecule has 0 aliphatic carbocycles. The van der Waals surface area contributed by atoms with Gasteiger partial charge in [0.05, 0.1) is 20.6 Å². The number of aliphatic carboxylic acids is 1. The highest BCUT2D eigenvalue weighted by atomic mass is 16.5. The van der Waals surface area contributed by atoms with Crippen LogP contribution in [0.1, 0.15) is 5.56 Å². The monoisotopic (exact) mass is 214 g/mol. The van der Waals surface area contributed by atoms with Crippen molar-refractivity contribution in [2.45, 2.75) is 6.42 Å². The molecule has 0 spiro atoms. The fourth-order valence-electron chi connectivity index (χ4n) is 1.17. The van der Waals surface area contributed by atoms with Gasteiger partial charge in [-0.05, 0) is 17.7 Å². The summed E-state index contributed by atoms with van der Waals surface area (Å²) in [6.07, 6.45) is -0.0135. The van der Waals surface area contributed by atoms with E-state index in [1.54, 1.807) is 18.2 Å². The van der Waals surface area contributed by atoms with Crippen LogP contribution in [0.4, 0.5) is 0 Å². The summed E-state index contributed by atoms with van der Waals surface area (Å²) in [6, 6.07) is 5.06. The summed E-state index contributed by atoms with van der Waals surface area (Å²) in [7, 11) is 3.05. The summed E-state index contributed by atoms with van der Waals surface area (Å²) in [5.74, 6) is 0.283. The van der Waals surface area contributed by atoms with Gasteiger partial charge < -0.3 is 20.1 Å². The lowest BCUT2D eigenvalue weighted by Crippen LogP contribution is -2.00. The van der Waals surface area contributed by atoms with Gasteiger partial charge in [-0.25, -0.2) is 0 Å².